The molecular weight excluding hydrogens is 234 g/mol. The molecule has 0 aliphatic carbocycles. The fraction of sp³-hybridized carbons (Fsp3) is 0.846. The van der Waals surface area contributed by atoms with Crippen molar-refractivity contribution in [3.63, 3.8) is 0 Å². The molecule has 0 saturated heterocycles. The molecule has 0 spiro atoms. The second-order valence-corrected chi connectivity index (χ2v) is 4.21. The van der Waals surface area contributed by atoms with Gasteiger partial charge >= 0.3 is 5.97 Å². The van der Waals surface area contributed by atoms with Gasteiger partial charge in [0.25, 0.3) is 0 Å². The summed E-state index contributed by atoms with van der Waals surface area (Å²) in [6.45, 7) is 4.42. The summed E-state index contributed by atoms with van der Waals surface area (Å²) in [5.41, 5.74) is 5.82. The van der Waals surface area contributed by atoms with Gasteiger partial charge in [0.15, 0.2) is 0 Å². The summed E-state index contributed by atoms with van der Waals surface area (Å²) in [7, 11) is 0. The molecule has 1 unspecified atom stereocenters. The zero-order chi connectivity index (χ0) is 14.2. The van der Waals surface area contributed by atoms with Crippen LogP contribution in [-0.2, 0) is 14.5 Å². The van der Waals surface area contributed by atoms with Gasteiger partial charge in [-0.15, -0.1) is 0 Å². The van der Waals surface area contributed by atoms with Crippen LogP contribution in [0.2, 0.25) is 0 Å². The van der Waals surface area contributed by atoms with Crippen LogP contribution >= 0.6 is 0 Å². The molecule has 5 nitrogen and oxygen atoms in total. The van der Waals surface area contributed by atoms with Gasteiger partial charge in [0.05, 0.1) is 6.42 Å². The standard InChI is InChI=1S/C9H21N.C4H6O4/c1-3-5-6-8-9(10)7-4-2;5-3-1-2-4(6)8-7/h9H,3-8,10H2,1-2H3;3,7H,1-2H2. The van der Waals surface area contributed by atoms with Gasteiger partial charge in [-0.2, -0.15) is 5.26 Å². The molecule has 0 aromatic rings. The minimum Gasteiger partial charge on any atom is -0.328 e. The minimum atomic E-state index is -0.780. The van der Waals surface area contributed by atoms with Crippen molar-refractivity contribution in [2.45, 2.75) is 71.3 Å². The Bertz CT molecular complexity index is 197. The van der Waals surface area contributed by atoms with Gasteiger partial charge in [-0.1, -0.05) is 39.5 Å². The molecule has 0 bridgehead atoms. The monoisotopic (exact) mass is 261 g/mol. The Balaban J connectivity index is 0. The summed E-state index contributed by atoms with van der Waals surface area (Å²) in [4.78, 5) is 22.7. The van der Waals surface area contributed by atoms with Crippen LogP contribution in [0.25, 0.3) is 0 Å². The lowest BCUT2D eigenvalue weighted by Gasteiger charge is -2.08. The van der Waals surface area contributed by atoms with E-state index < -0.39 is 5.97 Å². The minimum absolute atomic E-state index is 0.0556. The Hall–Kier alpha value is -0.940. The van der Waals surface area contributed by atoms with Crippen molar-refractivity contribution >= 4 is 12.3 Å². The van der Waals surface area contributed by atoms with E-state index in [0.717, 1.165) is 0 Å². The van der Waals surface area contributed by atoms with Crippen molar-refractivity contribution < 1.29 is 19.7 Å². The fourth-order valence-electron chi connectivity index (χ4n) is 1.39. The Morgan fingerprint density at radius 1 is 1.28 bits per heavy atom. The van der Waals surface area contributed by atoms with Crippen LogP contribution < -0.4 is 5.73 Å². The number of carbonyl (C=O) groups excluding carboxylic acids is 2. The molecule has 0 fully saturated rings. The van der Waals surface area contributed by atoms with E-state index >= 15 is 0 Å². The molecule has 0 radical (unpaired) electrons. The zero-order valence-electron chi connectivity index (χ0n) is 11.6. The van der Waals surface area contributed by atoms with E-state index in [4.69, 9.17) is 11.0 Å². The second kappa shape index (κ2) is 16.1. The topological polar surface area (TPSA) is 89.6 Å². The molecule has 0 heterocycles. The Morgan fingerprint density at radius 3 is 2.39 bits per heavy atom. The van der Waals surface area contributed by atoms with Gasteiger partial charge in [-0.3, -0.25) is 0 Å². The van der Waals surface area contributed by atoms with Crippen molar-refractivity contribution in [3.8, 4) is 0 Å². The summed E-state index contributed by atoms with van der Waals surface area (Å²) < 4.78 is 0. The van der Waals surface area contributed by atoms with Crippen LogP contribution in [0.15, 0.2) is 0 Å². The van der Waals surface area contributed by atoms with Gasteiger partial charge < -0.3 is 15.4 Å². The quantitative estimate of drug-likeness (QED) is 0.288. The van der Waals surface area contributed by atoms with Crippen molar-refractivity contribution in [2.24, 2.45) is 5.73 Å². The maximum absolute atomic E-state index is 9.94. The van der Waals surface area contributed by atoms with E-state index in [-0.39, 0.29) is 12.8 Å². The van der Waals surface area contributed by atoms with Crippen molar-refractivity contribution in [1.82, 2.24) is 0 Å². The average molecular weight is 261 g/mol. The van der Waals surface area contributed by atoms with Crippen LogP contribution in [0.1, 0.15) is 65.2 Å². The summed E-state index contributed by atoms with van der Waals surface area (Å²) in [6.07, 6.45) is 8.24. The van der Waals surface area contributed by atoms with Crippen LogP contribution in [0.4, 0.5) is 0 Å². The molecule has 0 saturated carbocycles. The molecule has 0 amide bonds. The lowest BCUT2D eigenvalue weighted by molar-refractivity contribution is -0.234. The summed E-state index contributed by atoms with van der Waals surface area (Å²) in [6, 6.07) is 0.469. The molecule has 0 rings (SSSR count). The average Bonchev–Trinajstić information content (AvgIpc) is 2.37. The highest BCUT2D eigenvalue weighted by molar-refractivity contribution is 5.71. The third-order valence-corrected chi connectivity index (χ3v) is 2.41. The summed E-state index contributed by atoms with van der Waals surface area (Å²) >= 11 is 0. The molecule has 3 N–H and O–H groups in total. The maximum atomic E-state index is 9.94. The maximum Gasteiger partial charge on any atom is 0.342 e. The zero-order valence-corrected chi connectivity index (χ0v) is 11.6. The fourth-order valence-corrected chi connectivity index (χ4v) is 1.39. The van der Waals surface area contributed by atoms with Gasteiger partial charge in [-0.25, -0.2) is 4.79 Å². The molecular formula is C13H27NO4. The van der Waals surface area contributed by atoms with Crippen molar-refractivity contribution in [1.29, 1.82) is 0 Å². The summed E-state index contributed by atoms with van der Waals surface area (Å²) in [5, 5.41) is 7.60. The largest absolute Gasteiger partial charge is 0.342 e. The van der Waals surface area contributed by atoms with Crippen LogP contribution in [0.5, 0.6) is 0 Å². The Morgan fingerprint density at radius 2 is 1.94 bits per heavy atom. The van der Waals surface area contributed by atoms with Gasteiger partial charge in [0.2, 0.25) is 0 Å². The molecule has 0 aliphatic heterocycles. The predicted octanol–water partition coefficient (Wildman–Crippen LogP) is 2.68. The van der Waals surface area contributed by atoms with Crippen LogP contribution in [-0.4, -0.2) is 23.6 Å². The summed E-state index contributed by atoms with van der Waals surface area (Å²) in [5.74, 6) is -0.780. The Kier molecular flexibility index (Phi) is 17.3. The highest BCUT2D eigenvalue weighted by Crippen LogP contribution is 2.05. The SMILES string of the molecule is CCCCCC(N)CCC.O=CCCC(=O)OO. The second-order valence-electron chi connectivity index (χ2n) is 4.21. The lowest BCUT2D eigenvalue weighted by atomic mass is 10.1. The van der Waals surface area contributed by atoms with Crippen molar-refractivity contribution in [2.75, 3.05) is 0 Å². The van der Waals surface area contributed by atoms with E-state index in [2.05, 4.69) is 18.7 Å². The molecule has 0 aromatic heterocycles. The van der Waals surface area contributed by atoms with E-state index in [1.165, 1.54) is 38.5 Å². The molecule has 18 heavy (non-hydrogen) atoms. The smallest absolute Gasteiger partial charge is 0.328 e. The Labute approximate surface area is 110 Å². The first-order valence-corrected chi connectivity index (χ1v) is 6.65. The first kappa shape index (κ1) is 19.4. The molecule has 108 valence electrons. The van der Waals surface area contributed by atoms with Crippen LogP contribution in [0, 0.1) is 0 Å². The van der Waals surface area contributed by atoms with E-state index in [1.54, 1.807) is 0 Å². The number of aldehydes is 1. The molecule has 0 aromatic carbocycles. The van der Waals surface area contributed by atoms with Crippen molar-refractivity contribution in [3.05, 3.63) is 0 Å². The molecule has 5 heteroatoms. The number of hydrogen-bond donors (Lipinski definition) is 2. The number of carbonyl (C=O) groups is 2. The van der Waals surface area contributed by atoms with Gasteiger partial charge in [-0.05, 0) is 12.8 Å². The third kappa shape index (κ3) is 17.5. The number of nitrogens with two attached hydrogens (primary N) is 1. The van der Waals surface area contributed by atoms with Gasteiger partial charge in [0.1, 0.15) is 6.29 Å². The van der Waals surface area contributed by atoms with E-state index in [9.17, 15) is 9.59 Å². The lowest BCUT2D eigenvalue weighted by Crippen LogP contribution is -2.18. The molecule has 1 atom stereocenters. The van der Waals surface area contributed by atoms with E-state index in [0.29, 0.717) is 12.3 Å². The highest BCUT2D eigenvalue weighted by Gasteiger charge is 1.98. The highest BCUT2D eigenvalue weighted by atomic mass is 17.1. The number of hydrogen-bond acceptors (Lipinski definition) is 5. The first-order chi connectivity index (χ1) is 8.62. The number of rotatable bonds is 9. The normalized spacial score (nSPS) is 11.1. The predicted molar refractivity (Wildman–Crippen MR) is 71.0 cm³/mol. The molecule has 0 aliphatic rings. The first-order valence-electron chi connectivity index (χ1n) is 6.65. The number of unbranched alkanes of at least 4 members (excludes halogenated alkanes) is 2. The van der Waals surface area contributed by atoms with Crippen LogP contribution in [0.3, 0.4) is 0 Å². The third-order valence-electron chi connectivity index (χ3n) is 2.41. The van der Waals surface area contributed by atoms with E-state index in [1.807, 2.05) is 0 Å². The van der Waals surface area contributed by atoms with Gasteiger partial charge in [0, 0.05) is 12.5 Å².